The molecule has 3 rings (SSSR count). The highest BCUT2D eigenvalue weighted by Gasteiger charge is 2.37. The van der Waals surface area contributed by atoms with E-state index in [0.717, 1.165) is 38.9 Å². The quantitative estimate of drug-likeness (QED) is 0.706. The third kappa shape index (κ3) is 1.96. The van der Waals surface area contributed by atoms with Crippen LogP contribution in [0.1, 0.15) is 32.1 Å². The van der Waals surface area contributed by atoms with Crippen LogP contribution in [0, 0.1) is 0 Å². The van der Waals surface area contributed by atoms with Gasteiger partial charge in [-0.3, -0.25) is 4.79 Å². The summed E-state index contributed by atoms with van der Waals surface area (Å²) in [4.78, 5) is 14.3. The predicted molar refractivity (Wildman–Crippen MR) is 60.1 cm³/mol. The molecule has 3 fully saturated rings. The van der Waals surface area contributed by atoms with Crippen LogP contribution in [-0.2, 0) is 9.53 Å². The molecule has 0 aliphatic carbocycles. The Balaban J connectivity index is 1.61. The molecule has 0 aromatic rings. The monoisotopic (exact) mass is 224 g/mol. The Kier molecular flexibility index (Phi) is 2.86. The first kappa shape index (κ1) is 10.5. The molecular weight excluding hydrogens is 204 g/mol. The number of ether oxygens (including phenoxy) is 1. The molecule has 4 heteroatoms. The molecule has 90 valence electrons. The smallest absolute Gasteiger partial charge is 0.239 e. The number of carbonyl (C=O) groups is 1. The Morgan fingerprint density at radius 1 is 1.12 bits per heavy atom. The molecule has 3 aliphatic rings. The summed E-state index contributed by atoms with van der Waals surface area (Å²) >= 11 is 0. The number of rotatable bonds is 1. The first-order valence-electron chi connectivity index (χ1n) is 6.50. The number of nitrogens with one attached hydrogen (secondary N) is 1. The number of likely N-dealkylation sites (tertiary alicyclic amines) is 1. The molecule has 2 unspecified atom stereocenters. The number of morpholine rings is 1. The van der Waals surface area contributed by atoms with Crippen LogP contribution in [0.25, 0.3) is 0 Å². The number of piperidine rings is 1. The van der Waals surface area contributed by atoms with E-state index in [0.29, 0.717) is 18.1 Å². The van der Waals surface area contributed by atoms with Gasteiger partial charge in [0.1, 0.15) is 0 Å². The van der Waals surface area contributed by atoms with Crippen LogP contribution in [0.3, 0.4) is 0 Å². The zero-order valence-corrected chi connectivity index (χ0v) is 9.65. The lowest BCUT2D eigenvalue weighted by Gasteiger charge is -2.35. The number of amides is 1. The van der Waals surface area contributed by atoms with Crippen LogP contribution in [0.5, 0.6) is 0 Å². The van der Waals surface area contributed by atoms with Gasteiger partial charge in [0.25, 0.3) is 0 Å². The molecule has 0 radical (unpaired) electrons. The molecule has 0 aromatic heterocycles. The first-order chi connectivity index (χ1) is 7.83. The Hall–Kier alpha value is -0.610. The molecular formula is C12H20N2O2. The van der Waals surface area contributed by atoms with E-state index in [1.165, 1.54) is 12.8 Å². The minimum atomic E-state index is 0.0752. The van der Waals surface area contributed by atoms with Gasteiger partial charge in [-0.25, -0.2) is 0 Å². The van der Waals surface area contributed by atoms with Crippen LogP contribution < -0.4 is 5.32 Å². The van der Waals surface area contributed by atoms with E-state index in [4.69, 9.17) is 4.74 Å². The summed E-state index contributed by atoms with van der Waals surface area (Å²) in [6.45, 7) is 2.62. The number of fused-ring (bicyclic) bond motifs is 2. The Morgan fingerprint density at radius 2 is 1.88 bits per heavy atom. The van der Waals surface area contributed by atoms with Crippen molar-refractivity contribution in [3.8, 4) is 0 Å². The van der Waals surface area contributed by atoms with Gasteiger partial charge in [-0.1, -0.05) is 6.42 Å². The van der Waals surface area contributed by atoms with E-state index >= 15 is 0 Å². The van der Waals surface area contributed by atoms with Gasteiger partial charge >= 0.3 is 0 Å². The normalized spacial score (nSPS) is 38.8. The summed E-state index contributed by atoms with van der Waals surface area (Å²) < 4.78 is 5.75. The molecule has 1 amide bonds. The average molecular weight is 224 g/mol. The van der Waals surface area contributed by atoms with E-state index in [1.807, 2.05) is 4.90 Å². The van der Waals surface area contributed by atoms with E-state index in [1.54, 1.807) is 0 Å². The van der Waals surface area contributed by atoms with Gasteiger partial charge in [0.15, 0.2) is 0 Å². The summed E-state index contributed by atoms with van der Waals surface area (Å²) in [5, 5.41) is 3.33. The topological polar surface area (TPSA) is 41.6 Å². The van der Waals surface area contributed by atoms with Crippen molar-refractivity contribution in [2.24, 2.45) is 0 Å². The molecule has 3 heterocycles. The van der Waals surface area contributed by atoms with Gasteiger partial charge in [-0.05, 0) is 32.2 Å². The lowest BCUT2D eigenvalue weighted by Crippen LogP contribution is -2.53. The molecule has 0 spiro atoms. The number of nitrogens with zero attached hydrogens (tertiary/aromatic N) is 1. The first-order valence-corrected chi connectivity index (χ1v) is 6.50. The largest absolute Gasteiger partial charge is 0.371 e. The fourth-order valence-corrected chi connectivity index (χ4v) is 3.08. The Bertz CT molecular complexity index is 264. The molecule has 16 heavy (non-hydrogen) atoms. The van der Waals surface area contributed by atoms with E-state index < -0.39 is 0 Å². The molecule has 2 bridgehead atoms. The van der Waals surface area contributed by atoms with Crippen molar-refractivity contribution in [2.45, 2.75) is 50.4 Å². The Labute approximate surface area is 96.3 Å². The maximum Gasteiger partial charge on any atom is 0.239 e. The van der Waals surface area contributed by atoms with Gasteiger partial charge in [0, 0.05) is 13.1 Å². The molecule has 0 saturated carbocycles. The lowest BCUT2D eigenvalue weighted by molar-refractivity contribution is -0.142. The van der Waals surface area contributed by atoms with Crippen molar-refractivity contribution in [3.05, 3.63) is 0 Å². The second kappa shape index (κ2) is 4.34. The molecule has 1 N–H and O–H groups in total. The van der Waals surface area contributed by atoms with E-state index in [9.17, 15) is 4.79 Å². The number of carbonyl (C=O) groups excluding carboxylic acids is 1. The van der Waals surface area contributed by atoms with Crippen LogP contribution >= 0.6 is 0 Å². The van der Waals surface area contributed by atoms with Crippen LogP contribution in [0.4, 0.5) is 0 Å². The van der Waals surface area contributed by atoms with Crippen molar-refractivity contribution in [2.75, 3.05) is 19.6 Å². The van der Waals surface area contributed by atoms with Crippen molar-refractivity contribution in [3.63, 3.8) is 0 Å². The zero-order valence-electron chi connectivity index (χ0n) is 9.65. The third-order valence-corrected chi connectivity index (χ3v) is 3.96. The van der Waals surface area contributed by atoms with Crippen molar-refractivity contribution in [1.29, 1.82) is 0 Å². The highest BCUT2D eigenvalue weighted by molar-refractivity contribution is 5.82. The lowest BCUT2D eigenvalue weighted by atomic mass is 10.0. The maximum absolute atomic E-state index is 12.3. The van der Waals surface area contributed by atoms with Gasteiger partial charge in [0.05, 0.1) is 18.2 Å². The molecule has 3 aliphatic heterocycles. The van der Waals surface area contributed by atoms with Crippen LogP contribution in [-0.4, -0.2) is 48.7 Å². The summed E-state index contributed by atoms with van der Waals surface area (Å²) in [5.41, 5.74) is 0. The zero-order chi connectivity index (χ0) is 11.0. The summed E-state index contributed by atoms with van der Waals surface area (Å²) in [5.74, 6) is 0.305. The summed E-state index contributed by atoms with van der Waals surface area (Å²) in [6.07, 6.45) is 6.28. The number of hydrogen-bond donors (Lipinski definition) is 1. The molecule has 3 atom stereocenters. The van der Waals surface area contributed by atoms with Crippen molar-refractivity contribution < 1.29 is 9.53 Å². The minimum absolute atomic E-state index is 0.0752. The predicted octanol–water partition coefficient (Wildman–Crippen LogP) is 0.518. The van der Waals surface area contributed by atoms with Crippen molar-refractivity contribution >= 4 is 5.91 Å². The molecule has 0 aromatic carbocycles. The second-order valence-electron chi connectivity index (χ2n) is 5.20. The molecule has 4 nitrogen and oxygen atoms in total. The fraction of sp³-hybridized carbons (Fsp3) is 0.917. The second-order valence-corrected chi connectivity index (χ2v) is 5.20. The van der Waals surface area contributed by atoms with Crippen molar-refractivity contribution in [1.82, 2.24) is 10.2 Å². The highest BCUT2D eigenvalue weighted by Crippen LogP contribution is 2.27. The maximum atomic E-state index is 12.3. The number of hydrogen-bond acceptors (Lipinski definition) is 3. The van der Waals surface area contributed by atoms with E-state index in [-0.39, 0.29) is 6.04 Å². The van der Waals surface area contributed by atoms with Gasteiger partial charge < -0.3 is 15.0 Å². The van der Waals surface area contributed by atoms with Gasteiger partial charge in [0.2, 0.25) is 5.91 Å². The SMILES string of the molecule is O=C([C@@H]1CCCCN1)N1CC2CCC(C1)O2. The van der Waals surface area contributed by atoms with Gasteiger partial charge in [-0.15, -0.1) is 0 Å². The molecule has 3 saturated heterocycles. The Morgan fingerprint density at radius 3 is 2.50 bits per heavy atom. The summed E-state index contributed by atoms with van der Waals surface area (Å²) in [6, 6.07) is 0.0752. The van der Waals surface area contributed by atoms with Crippen LogP contribution in [0.15, 0.2) is 0 Å². The third-order valence-electron chi connectivity index (χ3n) is 3.96. The average Bonchev–Trinajstić information content (AvgIpc) is 2.68. The summed E-state index contributed by atoms with van der Waals surface area (Å²) in [7, 11) is 0. The minimum Gasteiger partial charge on any atom is -0.371 e. The fourth-order valence-electron chi connectivity index (χ4n) is 3.08. The highest BCUT2D eigenvalue weighted by atomic mass is 16.5. The van der Waals surface area contributed by atoms with E-state index in [2.05, 4.69) is 5.32 Å². The van der Waals surface area contributed by atoms with Gasteiger partial charge in [-0.2, -0.15) is 0 Å². The standard InChI is InChI=1S/C12H20N2O2/c15-12(11-3-1-2-6-13-11)14-7-9-4-5-10(8-14)16-9/h9-11,13H,1-8H2/t9?,10?,11-/m0/s1. The van der Waals surface area contributed by atoms with Crippen LogP contribution in [0.2, 0.25) is 0 Å².